The lowest BCUT2D eigenvalue weighted by molar-refractivity contribution is 1.22. The van der Waals surface area contributed by atoms with E-state index in [1.54, 1.807) is 0 Å². The van der Waals surface area contributed by atoms with Gasteiger partial charge >= 0.3 is 0 Å². The van der Waals surface area contributed by atoms with E-state index in [9.17, 15) is 0 Å². The molecule has 0 radical (unpaired) electrons. The largest absolute Gasteiger partial charge is 0.0917 e. The fourth-order valence-corrected chi connectivity index (χ4v) is 0.236. The van der Waals surface area contributed by atoms with Crippen molar-refractivity contribution >= 4 is 0 Å². The quantitative estimate of drug-likeness (QED) is 0.417. The molecule has 0 aromatic rings. The van der Waals surface area contributed by atoms with Crippen LogP contribution in [0.3, 0.4) is 0 Å². The number of hydrogen-bond donors (Lipinski definition) is 0. The summed E-state index contributed by atoms with van der Waals surface area (Å²) < 4.78 is 0. The molecule has 0 aliphatic carbocycles. The lowest BCUT2D eigenvalue weighted by atomic mass is 10.4. The first kappa shape index (κ1) is 4.74. The summed E-state index contributed by atoms with van der Waals surface area (Å²) in [5.74, 6) is 0. The highest BCUT2D eigenvalue weighted by Crippen LogP contribution is 1.73. The molecule has 0 aromatic heterocycles. The van der Waals surface area contributed by atoms with Crippen molar-refractivity contribution in [2.75, 3.05) is 0 Å². The molecule has 0 bridgehead atoms. The number of rotatable bonds is 1. The van der Waals surface area contributed by atoms with Gasteiger partial charge in [-0.15, -0.1) is 0 Å². The van der Waals surface area contributed by atoms with Crippen molar-refractivity contribution < 1.29 is 1.43 Å². The Morgan fingerprint density at radius 3 is 2.40 bits per heavy atom. The van der Waals surface area contributed by atoms with Gasteiger partial charge in [-0.05, 0) is 13.3 Å². The number of allylic oxidation sites excluding steroid dienone is 2. The Labute approximate surface area is 35.0 Å². The van der Waals surface area contributed by atoms with Gasteiger partial charge in [0.15, 0.2) is 0 Å². The first-order valence-corrected chi connectivity index (χ1v) is 2.03. The molecule has 0 aromatic carbocycles. The summed E-state index contributed by atoms with van der Waals surface area (Å²) in [6.45, 7) is 4.16. The van der Waals surface area contributed by atoms with Gasteiger partial charge in [0.1, 0.15) is 0 Å². The van der Waals surface area contributed by atoms with E-state index in [2.05, 4.69) is 19.1 Å². The van der Waals surface area contributed by atoms with Crippen LogP contribution in [0.1, 0.15) is 21.7 Å². The molecule has 0 saturated carbocycles. The molecule has 0 spiro atoms. The maximum Gasteiger partial charge on any atom is 0 e. The van der Waals surface area contributed by atoms with Crippen molar-refractivity contribution in [3.63, 3.8) is 0 Å². The minimum absolute atomic E-state index is 0. The Bertz CT molecular complexity index is 30.9. The molecule has 0 rings (SSSR count). The van der Waals surface area contributed by atoms with Gasteiger partial charge in [0.2, 0.25) is 0 Å². The Morgan fingerprint density at radius 1 is 1.80 bits per heavy atom. The summed E-state index contributed by atoms with van der Waals surface area (Å²) in [7, 11) is 0. The van der Waals surface area contributed by atoms with E-state index < -0.39 is 0 Å². The lowest BCUT2D eigenvalue weighted by Gasteiger charge is -1.65. The van der Waals surface area contributed by atoms with Gasteiger partial charge in [-0.25, -0.2) is 0 Å². The smallest absolute Gasteiger partial charge is 0 e. The Kier molecular flexibility index (Phi) is 3.55. The Balaban J connectivity index is 0. The molecule has 0 amide bonds. The van der Waals surface area contributed by atoms with Gasteiger partial charge in [0.05, 0.1) is 0 Å². The summed E-state index contributed by atoms with van der Waals surface area (Å²) in [5, 5.41) is 0. The molecule has 0 atom stereocenters. The zero-order valence-corrected chi connectivity index (χ0v) is 3.86. The van der Waals surface area contributed by atoms with Crippen LogP contribution in [0.4, 0.5) is 0 Å². The fraction of sp³-hybridized carbons (Fsp3) is 0.600. The van der Waals surface area contributed by atoms with E-state index >= 15 is 0 Å². The SMILES string of the molecule is C/C=C/CC.[HH]. The van der Waals surface area contributed by atoms with Gasteiger partial charge in [0, 0.05) is 1.43 Å². The predicted octanol–water partition coefficient (Wildman–Crippen LogP) is 2.22. The van der Waals surface area contributed by atoms with Crippen LogP contribution in [0, 0.1) is 0 Å². The molecule has 0 nitrogen and oxygen atoms in total. The third-order valence-corrected chi connectivity index (χ3v) is 0.471. The monoisotopic (exact) mass is 72.1 g/mol. The summed E-state index contributed by atoms with van der Waals surface area (Å²) >= 11 is 0. The molecule has 0 unspecified atom stereocenters. The third kappa shape index (κ3) is 3.74. The minimum Gasteiger partial charge on any atom is -0.0917 e. The van der Waals surface area contributed by atoms with Crippen molar-refractivity contribution in [2.45, 2.75) is 20.3 Å². The molecule has 0 heterocycles. The third-order valence-electron chi connectivity index (χ3n) is 0.471. The molecule has 5 heavy (non-hydrogen) atoms. The van der Waals surface area contributed by atoms with Crippen LogP contribution in [0.2, 0.25) is 0 Å². The maximum atomic E-state index is 2.12. The average Bonchev–Trinajstić information content (AvgIpc) is 1.41. The van der Waals surface area contributed by atoms with E-state index in [0.717, 1.165) is 6.42 Å². The zero-order chi connectivity index (χ0) is 4.12. The van der Waals surface area contributed by atoms with Crippen LogP contribution in [-0.4, -0.2) is 0 Å². The summed E-state index contributed by atoms with van der Waals surface area (Å²) in [6, 6.07) is 0. The van der Waals surface area contributed by atoms with Gasteiger partial charge in [-0.2, -0.15) is 0 Å². The fourth-order valence-electron chi connectivity index (χ4n) is 0.236. The van der Waals surface area contributed by atoms with Crippen LogP contribution < -0.4 is 0 Å². The van der Waals surface area contributed by atoms with Crippen molar-refractivity contribution in [3.05, 3.63) is 12.2 Å². The first-order valence-electron chi connectivity index (χ1n) is 2.03. The molecule has 0 aliphatic heterocycles. The highest BCUT2D eigenvalue weighted by molar-refractivity contribution is 4.73. The zero-order valence-electron chi connectivity index (χ0n) is 3.86. The van der Waals surface area contributed by atoms with Crippen molar-refractivity contribution in [3.8, 4) is 0 Å². The van der Waals surface area contributed by atoms with E-state index in [1.165, 1.54) is 0 Å². The molecule has 32 valence electrons. The first-order chi connectivity index (χ1) is 2.41. The van der Waals surface area contributed by atoms with Crippen molar-refractivity contribution in [2.24, 2.45) is 0 Å². The van der Waals surface area contributed by atoms with Crippen molar-refractivity contribution in [1.29, 1.82) is 0 Å². The highest BCUT2D eigenvalue weighted by Gasteiger charge is 1.52. The standard InChI is InChI=1S/C5H10.H2/c1-3-5-4-2;/h3,5H,4H2,1-2H3;1H/b5-3+;. The summed E-state index contributed by atoms with van der Waals surface area (Å²) in [6.07, 6.45) is 5.34. The van der Waals surface area contributed by atoms with Crippen LogP contribution >= 0.6 is 0 Å². The van der Waals surface area contributed by atoms with Gasteiger partial charge in [0.25, 0.3) is 0 Å². The molecular formula is C5H12. The van der Waals surface area contributed by atoms with E-state index in [0.29, 0.717) is 0 Å². The van der Waals surface area contributed by atoms with Gasteiger partial charge in [-0.1, -0.05) is 19.1 Å². The average molecular weight is 72.2 g/mol. The predicted molar refractivity (Wildman–Crippen MR) is 27.2 cm³/mol. The normalized spacial score (nSPS) is 10.0. The van der Waals surface area contributed by atoms with Crippen LogP contribution in [0.5, 0.6) is 0 Å². The van der Waals surface area contributed by atoms with Crippen LogP contribution in [0.25, 0.3) is 0 Å². The molecule has 0 aliphatic rings. The second-order valence-corrected chi connectivity index (χ2v) is 0.977. The van der Waals surface area contributed by atoms with E-state index in [4.69, 9.17) is 0 Å². The molecule has 0 fully saturated rings. The van der Waals surface area contributed by atoms with Crippen LogP contribution in [0.15, 0.2) is 12.2 Å². The summed E-state index contributed by atoms with van der Waals surface area (Å²) in [4.78, 5) is 0. The molecule has 0 saturated heterocycles. The second kappa shape index (κ2) is 3.74. The van der Waals surface area contributed by atoms with Gasteiger partial charge < -0.3 is 0 Å². The second-order valence-electron chi connectivity index (χ2n) is 0.977. The Morgan fingerprint density at radius 2 is 2.40 bits per heavy atom. The maximum absolute atomic E-state index is 2.12. The molecular weight excluding hydrogens is 60.1 g/mol. The topological polar surface area (TPSA) is 0 Å². The summed E-state index contributed by atoms with van der Waals surface area (Å²) in [5.41, 5.74) is 0. The minimum atomic E-state index is 0. The van der Waals surface area contributed by atoms with E-state index in [-0.39, 0.29) is 1.43 Å². The van der Waals surface area contributed by atoms with Crippen LogP contribution in [-0.2, 0) is 0 Å². The van der Waals surface area contributed by atoms with Gasteiger partial charge in [-0.3, -0.25) is 0 Å². The Hall–Kier alpha value is -0.260. The van der Waals surface area contributed by atoms with Crippen molar-refractivity contribution in [1.82, 2.24) is 0 Å². The molecule has 0 heteroatoms. The number of hydrogen-bond acceptors (Lipinski definition) is 0. The lowest BCUT2D eigenvalue weighted by Crippen LogP contribution is -1.43. The highest BCUT2D eigenvalue weighted by atomic mass is 13.6. The van der Waals surface area contributed by atoms with E-state index in [1.807, 2.05) is 6.92 Å². The molecule has 0 N–H and O–H groups in total.